The van der Waals surface area contributed by atoms with Crippen molar-refractivity contribution < 1.29 is 9.59 Å². The van der Waals surface area contributed by atoms with Crippen molar-refractivity contribution >= 4 is 29.3 Å². The number of nitrogens with zero attached hydrogens (tertiary/aromatic N) is 3. The van der Waals surface area contributed by atoms with Crippen LogP contribution >= 0.6 is 11.6 Å². The Kier molecular flexibility index (Phi) is 5.01. The zero-order valence-electron chi connectivity index (χ0n) is 15.9. The standard InChI is InChI=1S/C22H24ClN3O2/c23-22(13-7-2-8-14-22)20(25-21(15-24)11-5-1-6-12-21)26-18(27)16-9-3-4-10-17(16)19(26)28/h3-4,9-10H,1-2,5-8,11-14H2. The fourth-order valence-electron chi connectivity index (χ4n) is 4.66. The maximum atomic E-state index is 13.2. The Labute approximate surface area is 170 Å². The van der Waals surface area contributed by atoms with Crippen LogP contribution in [-0.4, -0.2) is 33.0 Å². The van der Waals surface area contributed by atoms with Crippen LogP contribution in [0.5, 0.6) is 0 Å². The lowest BCUT2D eigenvalue weighted by Crippen LogP contribution is -2.51. The van der Waals surface area contributed by atoms with Crippen molar-refractivity contribution in [3.63, 3.8) is 0 Å². The van der Waals surface area contributed by atoms with Crippen LogP contribution in [0.3, 0.4) is 0 Å². The second kappa shape index (κ2) is 7.33. The minimum Gasteiger partial charge on any atom is -0.268 e. The molecule has 2 amide bonds. The highest BCUT2D eigenvalue weighted by Crippen LogP contribution is 2.41. The number of rotatable bonds is 2. The van der Waals surface area contributed by atoms with Gasteiger partial charge in [0.05, 0.1) is 17.2 Å². The van der Waals surface area contributed by atoms with E-state index in [4.69, 9.17) is 16.6 Å². The maximum Gasteiger partial charge on any atom is 0.267 e. The summed E-state index contributed by atoms with van der Waals surface area (Å²) in [4.78, 5) is 31.4. The number of carbonyl (C=O) groups excluding carboxylic acids is 2. The van der Waals surface area contributed by atoms with Crippen molar-refractivity contribution in [2.45, 2.75) is 74.6 Å². The Balaban J connectivity index is 1.83. The second-order valence-electron chi connectivity index (χ2n) is 8.16. The van der Waals surface area contributed by atoms with Crippen LogP contribution in [0.2, 0.25) is 0 Å². The average molecular weight is 398 g/mol. The molecular weight excluding hydrogens is 374 g/mol. The Bertz CT molecular complexity index is 839. The molecule has 146 valence electrons. The van der Waals surface area contributed by atoms with Gasteiger partial charge in [-0.05, 0) is 50.7 Å². The summed E-state index contributed by atoms with van der Waals surface area (Å²) in [5.41, 5.74) is -0.140. The van der Waals surface area contributed by atoms with Crippen molar-refractivity contribution in [3.8, 4) is 6.07 Å². The molecule has 1 heterocycles. The minimum atomic E-state index is -0.901. The highest BCUT2D eigenvalue weighted by molar-refractivity contribution is 6.41. The van der Waals surface area contributed by atoms with Gasteiger partial charge in [0.25, 0.3) is 11.8 Å². The summed E-state index contributed by atoms with van der Waals surface area (Å²) in [5, 5.41) is 9.93. The van der Waals surface area contributed by atoms with Gasteiger partial charge in [0, 0.05) is 0 Å². The lowest BCUT2D eigenvalue weighted by molar-refractivity contribution is 0.0739. The summed E-state index contributed by atoms with van der Waals surface area (Å²) in [5.74, 6) is -0.466. The number of halogens is 1. The topological polar surface area (TPSA) is 73.5 Å². The molecule has 0 radical (unpaired) electrons. The molecule has 0 spiro atoms. The molecule has 2 fully saturated rings. The number of imide groups is 1. The number of fused-ring (bicyclic) bond motifs is 1. The first kappa shape index (κ1) is 19.1. The molecule has 2 saturated carbocycles. The van der Waals surface area contributed by atoms with Gasteiger partial charge in [-0.2, -0.15) is 5.26 Å². The molecule has 0 atom stereocenters. The molecule has 5 nitrogen and oxygen atoms in total. The second-order valence-corrected chi connectivity index (χ2v) is 8.88. The van der Waals surface area contributed by atoms with E-state index in [1.165, 1.54) is 0 Å². The monoisotopic (exact) mass is 397 g/mol. The van der Waals surface area contributed by atoms with Crippen molar-refractivity contribution in [2.24, 2.45) is 4.99 Å². The van der Waals surface area contributed by atoms with Crippen molar-refractivity contribution in [3.05, 3.63) is 35.4 Å². The van der Waals surface area contributed by atoms with Crippen LogP contribution in [0.15, 0.2) is 29.3 Å². The first-order valence-corrected chi connectivity index (χ1v) is 10.6. The van der Waals surface area contributed by atoms with E-state index in [0.29, 0.717) is 42.6 Å². The molecule has 1 aromatic carbocycles. The quantitative estimate of drug-likeness (QED) is 0.310. The molecule has 1 aromatic rings. The number of amidine groups is 1. The number of hydrogen-bond donors (Lipinski definition) is 0. The molecule has 4 rings (SSSR count). The van der Waals surface area contributed by atoms with E-state index in [9.17, 15) is 14.9 Å². The highest BCUT2D eigenvalue weighted by atomic mass is 35.5. The van der Waals surface area contributed by atoms with Gasteiger partial charge in [-0.3, -0.25) is 9.59 Å². The molecular formula is C22H24ClN3O2. The van der Waals surface area contributed by atoms with E-state index in [2.05, 4.69) is 6.07 Å². The van der Waals surface area contributed by atoms with Gasteiger partial charge < -0.3 is 0 Å². The summed E-state index contributed by atoms with van der Waals surface area (Å²) in [6.45, 7) is 0. The Morgan fingerprint density at radius 3 is 1.93 bits per heavy atom. The number of aliphatic imine (C=N–C) groups is 1. The van der Waals surface area contributed by atoms with E-state index in [1.807, 2.05) is 0 Å². The molecule has 6 heteroatoms. The highest BCUT2D eigenvalue weighted by Gasteiger charge is 2.48. The van der Waals surface area contributed by atoms with Crippen LogP contribution in [0.25, 0.3) is 0 Å². The molecule has 0 N–H and O–H groups in total. The molecule has 3 aliphatic rings. The minimum absolute atomic E-state index is 0.295. The van der Waals surface area contributed by atoms with E-state index in [-0.39, 0.29) is 11.8 Å². The van der Waals surface area contributed by atoms with Gasteiger partial charge in [0.2, 0.25) is 0 Å². The van der Waals surface area contributed by atoms with Gasteiger partial charge in [0.1, 0.15) is 16.2 Å². The fraction of sp³-hybridized carbons (Fsp3) is 0.545. The molecule has 0 unspecified atom stereocenters. The predicted octanol–water partition coefficient (Wildman–Crippen LogP) is 4.85. The molecule has 28 heavy (non-hydrogen) atoms. The normalized spacial score (nSPS) is 24.0. The maximum absolute atomic E-state index is 13.2. The predicted molar refractivity (Wildman–Crippen MR) is 107 cm³/mol. The number of hydrogen-bond acceptors (Lipinski definition) is 4. The van der Waals surface area contributed by atoms with Crippen molar-refractivity contribution in [1.82, 2.24) is 4.90 Å². The summed E-state index contributed by atoms with van der Waals surface area (Å²) < 4.78 is 0. The third-order valence-electron chi connectivity index (χ3n) is 6.26. The lowest BCUT2D eigenvalue weighted by atomic mass is 9.82. The lowest BCUT2D eigenvalue weighted by Gasteiger charge is -2.38. The fourth-order valence-corrected chi connectivity index (χ4v) is 5.05. The Hall–Kier alpha value is -2.19. The van der Waals surface area contributed by atoms with Crippen molar-refractivity contribution in [1.29, 1.82) is 5.26 Å². The summed E-state index contributed by atoms with van der Waals surface area (Å²) in [6.07, 6.45) is 8.43. The van der Waals surface area contributed by atoms with Gasteiger partial charge >= 0.3 is 0 Å². The number of benzene rings is 1. The van der Waals surface area contributed by atoms with Crippen LogP contribution in [-0.2, 0) is 0 Å². The molecule has 0 aromatic heterocycles. The van der Waals surface area contributed by atoms with Gasteiger partial charge in [-0.1, -0.05) is 37.8 Å². The first-order valence-electron chi connectivity index (χ1n) is 10.2. The number of amides is 2. The summed E-state index contributed by atoms with van der Waals surface area (Å²) >= 11 is 7.05. The average Bonchev–Trinajstić information content (AvgIpc) is 2.98. The van der Waals surface area contributed by atoms with E-state index >= 15 is 0 Å². The van der Waals surface area contributed by atoms with E-state index < -0.39 is 10.4 Å². The first-order chi connectivity index (χ1) is 13.5. The molecule has 0 saturated heterocycles. The van der Waals surface area contributed by atoms with Crippen LogP contribution in [0, 0.1) is 11.3 Å². The third-order valence-corrected chi connectivity index (χ3v) is 6.81. The molecule has 1 aliphatic heterocycles. The smallest absolute Gasteiger partial charge is 0.267 e. The van der Waals surface area contributed by atoms with Crippen LogP contribution in [0.1, 0.15) is 84.9 Å². The summed E-state index contributed by atoms with van der Waals surface area (Å²) in [6, 6.07) is 9.21. The number of carbonyl (C=O) groups is 2. The zero-order valence-corrected chi connectivity index (χ0v) is 16.7. The SMILES string of the molecule is N#CC1(N=C(N2C(=O)c3ccccc3C2=O)C2(Cl)CCCCC2)CCCCC1. The number of alkyl halides is 1. The van der Waals surface area contributed by atoms with Crippen LogP contribution in [0.4, 0.5) is 0 Å². The van der Waals surface area contributed by atoms with Gasteiger partial charge in [0.15, 0.2) is 0 Å². The third kappa shape index (κ3) is 3.14. The van der Waals surface area contributed by atoms with E-state index in [1.54, 1.807) is 24.3 Å². The van der Waals surface area contributed by atoms with E-state index in [0.717, 1.165) is 43.4 Å². The largest absolute Gasteiger partial charge is 0.268 e. The van der Waals surface area contributed by atoms with Gasteiger partial charge in [-0.15, -0.1) is 11.6 Å². The molecule has 2 aliphatic carbocycles. The number of nitriles is 1. The zero-order chi connectivity index (χ0) is 19.8. The molecule has 0 bridgehead atoms. The van der Waals surface area contributed by atoms with Crippen LogP contribution < -0.4 is 0 Å². The van der Waals surface area contributed by atoms with Gasteiger partial charge in [-0.25, -0.2) is 9.89 Å². The van der Waals surface area contributed by atoms with Crippen molar-refractivity contribution in [2.75, 3.05) is 0 Å². The Morgan fingerprint density at radius 1 is 0.929 bits per heavy atom. The Morgan fingerprint density at radius 2 is 1.43 bits per heavy atom. The summed E-state index contributed by atoms with van der Waals surface area (Å²) in [7, 11) is 0.